The molecular weight excluding hydrogens is 600 g/mol. The molecule has 0 fully saturated rings. The van der Waals surface area contributed by atoms with Gasteiger partial charge in [0.05, 0.1) is 0 Å². The highest BCUT2D eigenvalue weighted by molar-refractivity contribution is 5.71. The van der Waals surface area contributed by atoms with E-state index >= 15 is 0 Å². The zero-order chi connectivity index (χ0) is 35.2. The van der Waals surface area contributed by atoms with Gasteiger partial charge in [-0.15, -0.1) is 0 Å². The predicted octanol–water partition coefficient (Wildman–Crippen LogP) is 12.9. The molecule has 0 bridgehead atoms. The molecule has 0 N–H and O–H groups in total. The Kier molecular flexibility index (Phi) is 36.9. The zero-order valence-electron chi connectivity index (χ0n) is 32.3. The molecule has 1 unspecified atom stereocenters. The summed E-state index contributed by atoms with van der Waals surface area (Å²) in [6.45, 7) is 6.59. The molecule has 0 aliphatic rings. The van der Waals surface area contributed by atoms with Crippen molar-refractivity contribution in [3.63, 3.8) is 0 Å². The van der Waals surface area contributed by atoms with Gasteiger partial charge in [0.2, 0.25) is 0 Å². The molecule has 0 rings (SSSR count). The molecule has 0 radical (unpaired) electrons. The summed E-state index contributed by atoms with van der Waals surface area (Å²) in [6, 6.07) is 0. The fraction of sp³-hybridized carbons (Fsp3) is 0.929. The summed E-state index contributed by atoms with van der Waals surface area (Å²) >= 11 is 0. The van der Waals surface area contributed by atoms with Gasteiger partial charge in [0, 0.05) is 19.3 Å². The lowest BCUT2D eigenvalue weighted by atomic mass is 10.0. The van der Waals surface area contributed by atoms with Crippen LogP contribution in [0.1, 0.15) is 233 Å². The van der Waals surface area contributed by atoms with E-state index in [1.54, 1.807) is 0 Å². The zero-order valence-corrected chi connectivity index (χ0v) is 32.3. The second kappa shape index (κ2) is 38.2. The molecule has 0 aliphatic carbocycles. The van der Waals surface area contributed by atoms with Gasteiger partial charge >= 0.3 is 17.9 Å². The maximum Gasteiger partial charge on any atom is 0.306 e. The third-order valence-electron chi connectivity index (χ3n) is 9.36. The molecule has 1 atom stereocenters. The highest BCUT2D eigenvalue weighted by atomic mass is 16.6. The number of rotatable bonds is 38. The first kappa shape index (κ1) is 46.4. The topological polar surface area (TPSA) is 78.9 Å². The maximum atomic E-state index is 12.6. The van der Waals surface area contributed by atoms with E-state index in [-0.39, 0.29) is 31.1 Å². The van der Waals surface area contributed by atoms with E-state index in [9.17, 15) is 14.4 Å². The summed E-state index contributed by atoms with van der Waals surface area (Å²) in [5.41, 5.74) is 0. The monoisotopic (exact) mass is 681 g/mol. The lowest BCUT2D eigenvalue weighted by molar-refractivity contribution is -0.167. The van der Waals surface area contributed by atoms with E-state index in [2.05, 4.69) is 20.8 Å². The molecule has 0 aromatic rings. The van der Waals surface area contributed by atoms with Crippen LogP contribution in [0.2, 0.25) is 0 Å². The van der Waals surface area contributed by atoms with Gasteiger partial charge in [0.15, 0.2) is 6.10 Å². The minimum atomic E-state index is -0.755. The van der Waals surface area contributed by atoms with Crippen molar-refractivity contribution in [2.24, 2.45) is 0 Å². The van der Waals surface area contributed by atoms with Crippen LogP contribution in [-0.4, -0.2) is 37.2 Å². The molecule has 48 heavy (non-hydrogen) atoms. The summed E-state index contributed by atoms with van der Waals surface area (Å²) in [5, 5.41) is 0. The van der Waals surface area contributed by atoms with Gasteiger partial charge in [0.1, 0.15) is 13.2 Å². The second-order valence-electron chi connectivity index (χ2n) is 14.3. The molecule has 0 aliphatic heterocycles. The molecule has 0 saturated carbocycles. The minimum Gasteiger partial charge on any atom is -0.462 e. The number of ether oxygens (including phenoxy) is 3. The summed E-state index contributed by atoms with van der Waals surface area (Å²) < 4.78 is 16.6. The van der Waals surface area contributed by atoms with Gasteiger partial charge in [0.25, 0.3) is 0 Å². The van der Waals surface area contributed by atoms with E-state index in [1.807, 2.05) is 0 Å². The molecule has 0 amide bonds. The van der Waals surface area contributed by atoms with Gasteiger partial charge in [-0.05, 0) is 19.3 Å². The van der Waals surface area contributed by atoms with Crippen LogP contribution in [0.25, 0.3) is 0 Å². The number of hydrogen-bond donors (Lipinski definition) is 0. The molecule has 284 valence electrons. The highest BCUT2D eigenvalue weighted by Crippen LogP contribution is 2.15. The first-order valence-electron chi connectivity index (χ1n) is 21.0. The van der Waals surface area contributed by atoms with E-state index in [4.69, 9.17) is 14.2 Å². The van der Waals surface area contributed by atoms with Crippen LogP contribution < -0.4 is 0 Å². The maximum absolute atomic E-state index is 12.6. The number of esters is 3. The molecule has 0 spiro atoms. The van der Waals surface area contributed by atoms with Crippen LogP contribution in [0.5, 0.6) is 0 Å². The van der Waals surface area contributed by atoms with E-state index in [1.165, 1.54) is 135 Å². The Morgan fingerprint density at radius 3 is 0.833 bits per heavy atom. The SMILES string of the molecule is CCCCCCCCCCCCCCCC(=O)OCC(COC(=O)CCCCCCCCCC)OC(=O)CCCCCCCCCCC. The van der Waals surface area contributed by atoms with Gasteiger partial charge in [-0.25, -0.2) is 0 Å². The quantitative estimate of drug-likeness (QED) is 0.0367. The molecular formula is C42H80O6. The average molecular weight is 681 g/mol. The predicted molar refractivity (Wildman–Crippen MR) is 201 cm³/mol. The fourth-order valence-corrected chi connectivity index (χ4v) is 6.15. The third kappa shape index (κ3) is 35.7. The lowest BCUT2D eigenvalue weighted by Gasteiger charge is -2.18. The second-order valence-corrected chi connectivity index (χ2v) is 14.3. The van der Waals surface area contributed by atoms with Crippen LogP contribution in [0.4, 0.5) is 0 Å². The lowest BCUT2D eigenvalue weighted by Crippen LogP contribution is -2.30. The average Bonchev–Trinajstić information content (AvgIpc) is 3.08. The van der Waals surface area contributed by atoms with Crippen molar-refractivity contribution in [3.05, 3.63) is 0 Å². The van der Waals surface area contributed by atoms with E-state index in [0.717, 1.165) is 57.8 Å². The Morgan fingerprint density at radius 1 is 0.333 bits per heavy atom. The largest absolute Gasteiger partial charge is 0.462 e. The van der Waals surface area contributed by atoms with Gasteiger partial charge < -0.3 is 14.2 Å². The Balaban J connectivity index is 4.28. The Hall–Kier alpha value is -1.59. The van der Waals surface area contributed by atoms with Crippen molar-refractivity contribution in [3.8, 4) is 0 Å². The number of unbranched alkanes of at least 4 members (excludes halogenated alkanes) is 27. The smallest absolute Gasteiger partial charge is 0.306 e. The van der Waals surface area contributed by atoms with Crippen molar-refractivity contribution in [1.82, 2.24) is 0 Å². The van der Waals surface area contributed by atoms with Crippen LogP contribution >= 0.6 is 0 Å². The van der Waals surface area contributed by atoms with Crippen molar-refractivity contribution in [2.45, 2.75) is 239 Å². The molecule has 0 saturated heterocycles. The van der Waals surface area contributed by atoms with Crippen molar-refractivity contribution in [2.75, 3.05) is 13.2 Å². The number of hydrogen-bond acceptors (Lipinski definition) is 6. The standard InChI is InChI=1S/C42H80O6/c1-4-7-10-13-16-19-20-21-22-24-26-29-32-35-41(44)47-38-39(37-46-40(43)34-31-28-25-18-15-12-9-6-3)48-42(45)36-33-30-27-23-17-14-11-8-5-2/h39H,4-38H2,1-3H3. The highest BCUT2D eigenvalue weighted by Gasteiger charge is 2.19. The first-order valence-corrected chi connectivity index (χ1v) is 21.0. The van der Waals surface area contributed by atoms with Crippen LogP contribution in [0, 0.1) is 0 Å². The van der Waals surface area contributed by atoms with Gasteiger partial charge in [-0.2, -0.15) is 0 Å². The van der Waals surface area contributed by atoms with E-state index < -0.39 is 6.10 Å². The van der Waals surface area contributed by atoms with Gasteiger partial charge in [-0.3, -0.25) is 14.4 Å². The minimum absolute atomic E-state index is 0.0637. The van der Waals surface area contributed by atoms with Crippen molar-refractivity contribution in [1.29, 1.82) is 0 Å². The molecule has 0 heterocycles. The number of carbonyl (C=O) groups excluding carboxylic acids is 3. The summed E-state index contributed by atoms with van der Waals surface area (Å²) in [7, 11) is 0. The molecule has 6 nitrogen and oxygen atoms in total. The summed E-state index contributed by atoms with van der Waals surface area (Å²) in [4.78, 5) is 37.4. The summed E-state index contributed by atoms with van der Waals surface area (Å²) in [6.07, 6.45) is 36.6. The van der Waals surface area contributed by atoms with Crippen LogP contribution in [0.15, 0.2) is 0 Å². The fourth-order valence-electron chi connectivity index (χ4n) is 6.15. The molecule has 0 aromatic heterocycles. The van der Waals surface area contributed by atoms with Crippen LogP contribution in [0.3, 0.4) is 0 Å². The van der Waals surface area contributed by atoms with E-state index in [0.29, 0.717) is 19.3 Å². The first-order chi connectivity index (χ1) is 23.5. The Bertz CT molecular complexity index is 708. The normalized spacial score (nSPS) is 11.8. The number of carbonyl (C=O) groups is 3. The van der Waals surface area contributed by atoms with Crippen LogP contribution in [-0.2, 0) is 28.6 Å². The Labute approximate surface area is 298 Å². The van der Waals surface area contributed by atoms with Gasteiger partial charge in [-0.1, -0.05) is 194 Å². The molecule has 6 heteroatoms. The summed E-state index contributed by atoms with van der Waals surface area (Å²) in [5.74, 6) is -0.864. The third-order valence-corrected chi connectivity index (χ3v) is 9.36. The van der Waals surface area contributed by atoms with Crippen molar-refractivity contribution < 1.29 is 28.6 Å². The van der Waals surface area contributed by atoms with Crippen molar-refractivity contribution >= 4 is 17.9 Å². The molecule has 0 aromatic carbocycles. The Morgan fingerprint density at radius 2 is 0.562 bits per heavy atom.